The summed E-state index contributed by atoms with van der Waals surface area (Å²) >= 11 is 4.48. The van der Waals surface area contributed by atoms with Crippen LogP contribution in [-0.2, 0) is 9.59 Å². The lowest BCUT2D eigenvalue weighted by Gasteiger charge is -2.22. The van der Waals surface area contributed by atoms with Crippen molar-refractivity contribution < 1.29 is 19.6 Å². The molecule has 0 radical (unpaired) electrons. The third-order valence-electron chi connectivity index (χ3n) is 4.61. The SMILES string of the molecule is O=C1C(=O)N(c2nccs2)[C@H](c2ccc([N+](=O)[O-])cc2)/C1=C(\O)c1ccc(Br)cc1. The van der Waals surface area contributed by atoms with Gasteiger partial charge in [0.2, 0.25) is 0 Å². The molecular weight excluding hydrogens is 474 g/mol. The van der Waals surface area contributed by atoms with Crippen LogP contribution >= 0.6 is 27.3 Å². The molecule has 4 rings (SSSR count). The minimum atomic E-state index is -0.972. The van der Waals surface area contributed by atoms with E-state index < -0.39 is 22.7 Å². The topological polar surface area (TPSA) is 114 Å². The Morgan fingerprint density at radius 1 is 1.13 bits per heavy atom. The Hall–Kier alpha value is -3.37. The number of thiazole rings is 1. The number of hydrogen-bond acceptors (Lipinski definition) is 7. The van der Waals surface area contributed by atoms with Gasteiger partial charge in [-0.2, -0.15) is 0 Å². The minimum absolute atomic E-state index is 0.105. The first-order valence-electron chi connectivity index (χ1n) is 8.59. The number of halogens is 1. The van der Waals surface area contributed by atoms with Crippen LogP contribution in [0.5, 0.6) is 0 Å². The van der Waals surface area contributed by atoms with Gasteiger partial charge >= 0.3 is 5.91 Å². The monoisotopic (exact) mass is 485 g/mol. The second kappa shape index (κ2) is 7.81. The Kier molecular flexibility index (Phi) is 5.18. The fourth-order valence-corrected chi connectivity index (χ4v) is 4.15. The van der Waals surface area contributed by atoms with Crippen molar-refractivity contribution in [2.24, 2.45) is 0 Å². The molecule has 0 spiro atoms. The number of benzene rings is 2. The third kappa shape index (κ3) is 3.40. The zero-order valence-corrected chi connectivity index (χ0v) is 17.5. The third-order valence-corrected chi connectivity index (χ3v) is 5.91. The summed E-state index contributed by atoms with van der Waals surface area (Å²) in [5.74, 6) is -2.01. The van der Waals surface area contributed by atoms with Gasteiger partial charge in [0.1, 0.15) is 5.76 Å². The van der Waals surface area contributed by atoms with Crippen molar-refractivity contribution in [1.82, 2.24) is 4.98 Å². The largest absolute Gasteiger partial charge is 0.507 e. The average Bonchev–Trinajstić information content (AvgIpc) is 3.35. The van der Waals surface area contributed by atoms with Gasteiger partial charge in [0.25, 0.3) is 11.5 Å². The van der Waals surface area contributed by atoms with Gasteiger partial charge in [-0.25, -0.2) is 4.98 Å². The molecule has 1 aliphatic rings. The molecule has 0 unspecified atom stereocenters. The maximum atomic E-state index is 12.9. The lowest BCUT2D eigenvalue weighted by atomic mass is 9.95. The van der Waals surface area contributed by atoms with E-state index in [1.807, 2.05) is 0 Å². The number of carbonyl (C=O) groups is 2. The number of ketones is 1. The van der Waals surface area contributed by atoms with Crippen LogP contribution in [0.15, 0.2) is 70.2 Å². The van der Waals surface area contributed by atoms with Crippen molar-refractivity contribution in [1.29, 1.82) is 0 Å². The van der Waals surface area contributed by atoms with Gasteiger partial charge in [-0.05, 0) is 29.8 Å². The number of anilines is 1. The maximum Gasteiger partial charge on any atom is 0.301 e. The molecule has 30 heavy (non-hydrogen) atoms. The number of aliphatic hydroxyl groups excluding tert-OH is 1. The number of amides is 1. The van der Waals surface area contributed by atoms with Crippen molar-refractivity contribution in [3.63, 3.8) is 0 Å². The molecule has 1 N–H and O–H groups in total. The van der Waals surface area contributed by atoms with Crippen LogP contribution in [0.2, 0.25) is 0 Å². The molecule has 2 heterocycles. The molecule has 1 fully saturated rings. The number of non-ortho nitro benzene ring substituents is 1. The van der Waals surface area contributed by atoms with Gasteiger partial charge < -0.3 is 5.11 Å². The molecule has 1 atom stereocenters. The molecule has 0 aliphatic carbocycles. The number of carbonyl (C=O) groups excluding carboxylic acids is 2. The highest BCUT2D eigenvalue weighted by Gasteiger charge is 2.48. The van der Waals surface area contributed by atoms with Gasteiger partial charge in [-0.15, -0.1) is 11.3 Å². The highest BCUT2D eigenvalue weighted by Crippen LogP contribution is 2.43. The summed E-state index contributed by atoms with van der Waals surface area (Å²) in [5.41, 5.74) is 0.570. The number of aromatic nitrogens is 1. The van der Waals surface area contributed by atoms with Crippen molar-refractivity contribution in [2.45, 2.75) is 6.04 Å². The number of Topliss-reactive ketones (excluding diaryl/α,β-unsaturated/α-hetero) is 1. The highest BCUT2D eigenvalue weighted by atomic mass is 79.9. The second-order valence-electron chi connectivity index (χ2n) is 6.34. The standard InChI is InChI=1S/C20H12BrN3O5S/c21-13-5-1-12(2-6-13)17(25)15-16(11-3-7-14(8-4-11)24(28)29)23(19(27)18(15)26)20-22-9-10-30-20/h1-10,16,25H/b17-15+/t16-/m1/s1. The lowest BCUT2D eigenvalue weighted by molar-refractivity contribution is -0.384. The van der Waals surface area contributed by atoms with Crippen molar-refractivity contribution >= 4 is 55.5 Å². The van der Waals surface area contributed by atoms with Crippen LogP contribution in [-0.4, -0.2) is 26.7 Å². The molecule has 3 aromatic rings. The molecule has 0 bridgehead atoms. The first-order chi connectivity index (χ1) is 14.4. The van der Waals surface area contributed by atoms with E-state index in [0.717, 1.165) is 4.47 Å². The Morgan fingerprint density at radius 3 is 2.37 bits per heavy atom. The summed E-state index contributed by atoms with van der Waals surface area (Å²) < 4.78 is 0.786. The predicted octanol–water partition coefficient (Wildman–Crippen LogP) is 4.44. The van der Waals surface area contributed by atoms with Crippen LogP contribution < -0.4 is 4.90 Å². The number of nitrogens with zero attached hydrogens (tertiary/aromatic N) is 3. The molecular formula is C20H12BrN3O5S. The summed E-state index contributed by atoms with van der Waals surface area (Å²) in [6.07, 6.45) is 1.50. The molecule has 1 aliphatic heterocycles. The van der Waals surface area contributed by atoms with E-state index in [9.17, 15) is 24.8 Å². The number of aliphatic hydroxyl groups is 1. The van der Waals surface area contributed by atoms with Gasteiger partial charge in [0.05, 0.1) is 16.5 Å². The molecule has 10 heteroatoms. The average molecular weight is 486 g/mol. The summed E-state index contributed by atoms with van der Waals surface area (Å²) in [6.45, 7) is 0. The van der Waals surface area contributed by atoms with E-state index in [0.29, 0.717) is 11.1 Å². The number of nitro benzene ring substituents is 1. The van der Waals surface area contributed by atoms with E-state index in [1.165, 1.54) is 46.7 Å². The summed E-state index contributed by atoms with van der Waals surface area (Å²) in [4.78, 5) is 41.6. The van der Waals surface area contributed by atoms with Crippen molar-refractivity contribution in [3.05, 3.63) is 91.4 Å². The van der Waals surface area contributed by atoms with Gasteiger partial charge in [-0.1, -0.05) is 28.1 Å². The first kappa shape index (κ1) is 19.9. The molecule has 1 amide bonds. The van der Waals surface area contributed by atoms with E-state index >= 15 is 0 Å². The van der Waals surface area contributed by atoms with Gasteiger partial charge in [0, 0.05) is 33.7 Å². The minimum Gasteiger partial charge on any atom is -0.507 e. The fraction of sp³-hybridized carbons (Fsp3) is 0.0500. The molecule has 2 aromatic carbocycles. The Bertz CT molecular complexity index is 1170. The first-order valence-corrected chi connectivity index (χ1v) is 10.3. The molecule has 150 valence electrons. The predicted molar refractivity (Wildman–Crippen MR) is 114 cm³/mol. The number of rotatable bonds is 4. The van der Waals surface area contributed by atoms with Crippen LogP contribution in [0.1, 0.15) is 17.2 Å². The maximum absolute atomic E-state index is 12.9. The molecule has 1 aromatic heterocycles. The van der Waals surface area contributed by atoms with Gasteiger partial charge in [-0.3, -0.25) is 24.6 Å². The Balaban J connectivity index is 1.91. The summed E-state index contributed by atoms with van der Waals surface area (Å²) in [7, 11) is 0. The highest BCUT2D eigenvalue weighted by molar-refractivity contribution is 9.10. The van der Waals surface area contributed by atoms with Crippen LogP contribution in [0, 0.1) is 10.1 Å². The van der Waals surface area contributed by atoms with E-state index in [-0.39, 0.29) is 22.2 Å². The molecule has 0 saturated carbocycles. The normalized spacial score (nSPS) is 18.0. The number of nitro groups is 1. The van der Waals surface area contributed by atoms with E-state index in [4.69, 9.17) is 0 Å². The fourth-order valence-electron chi connectivity index (χ4n) is 3.22. The second-order valence-corrected chi connectivity index (χ2v) is 8.13. The van der Waals surface area contributed by atoms with Gasteiger partial charge in [0.15, 0.2) is 5.13 Å². The molecule has 8 nitrogen and oxygen atoms in total. The van der Waals surface area contributed by atoms with Crippen molar-refractivity contribution in [2.75, 3.05) is 4.90 Å². The molecule has 1 saturated heterocycles. The van der Waals surface area contributed by atoms with Crippen LogP contribution in [0.4, 0.5) is 10.8 Å². The zero-order valence-electron chi connectivity index (χ0n) is 15.1. The number of hydrogen-bond donors (Lipinski definition) is 1. The Morgan fingerprint density at radius 2 is 1.80 bits per heavy atom. The van der Waals surface area contributed by atoms with Crippen molar-refractivity contribution in [3.8, 4) is 0 Å². The van der Waals surface area contributed by atoms with E-state index in [2.05, 4.69) is 20.9 Å². The summed E-state index contributed by atoms with van der Waals surface area (Å²) in [6, 6.07) is 11.2. The smallest absolute Gasteiger partial charge is 0.301 e. The quantitative estimate of drug-likeness (QED) is 0.192. The Labute approximate surface area is 182 Å². The van der Waals surface area contributed by atoms with Crippen LogP contribution in [0.25, 0.3) is 5.76 Å². The lowest BCUT2D eigenvalue weighted by Crippen LogP contribution is -2.29. The van der Waals surface area contributed by atoms with Crippen LogP contribution in [0.3, 0.4) is 0 Å². The zero-order chi connectivity index (χ0) is 21.4. The van der Waals surface area contributed by atoms with E-state index in [1.54, 1.807) is 29.6 Å². The summed E-state index contributed by atoms with van der Waals surface area (Å²) in [5, 5.41) is 23.9.